The van der Waals surface area contributed by atoms with Gasteiger partial charge in [-0.05, 0) is 19.3 Å². The highest BCUT2D eigenvalue weighted by molar-refractivity contribution is 5.97. The maximum Gasteiger partial charge on any atom is 0.246 e. The molecule has 0 aromatic heterocycles. The van der Waals surface area contributed by atoms with Gasteiger partial charge in [0.1, 0.15) is 12.1 Å². The normalized spacial score (nSPS) is 24.4. The third kappa shape index (κ3) is 2.79. The molecule has 0 spiro atoms. The van der Waals surface area contributed by atoms with Crippen molar-refractivity contribution in [2.75, 3.05) is 6.54 Å². The van der Waals surface area contributed by atoms with Crippen molar-refractivity contribution in [3.8, 4) is 11.8 Å². The zero-order valence-corrected chi connectivity index (χ0v) is 10.9. The molecule has 0 radical (unpaired) electrons. The van der Waals surface area contributed by atoms with E-state index >= 15 is 0 Å². The topological polar surface area (TPSA) is 49.4 Å². The van der Waals surface area contributed by atoms with Crippen molar-refractivity contribution < 1.29 is 9.59 Å². The van der Waals surface area contributed by atoms with Gasteiger partial charge in [0.25, 0.3) is 0 Å². The lowest BCUT2D eigenvalue weighted by molar-refractivity contribution is -0.149. The monoisotopic (exact) mass is 236 g/mol. The molecule has 2 amide bonds. The third-order valence-electron chi connectivity index (χ3n) is 3.01. The van der Waals surface area contributed by atoms with E-state index in [1.165, 1.54) is 0 Å². The quantitative estimate of drug-likeness (QED) is 0.736. The Morgan fingerprint density at radius 1 is 1.41 bits per heavy atom. The van der Waals surface area contributed by atoms with Crippen molar-refractivity contribution in [2.24, 2.45) is 5.92 Å². The molecule has 1 aliphatic heterocycles. The zero-order chi connectivity index (χ0) is 13.0. The van der Waals surface area contributed by atoms with E-state index in [4.69, 9.17) is 0 Å². The molecule has 2 unspecified atom stereocenters. The van der Waals surface area contributed by atoms with Crippen LogP contribution in [0.25, 0.3) is 0 Å². The van der Waals surface area contributed by atoms with Crippen LogP contribution in [0.2, 0.25) is 0 Å². The van der Waals surface area contributed by atoms with Crippen molar-refractivity contribution in [3.05, 3.63) is 0 Å². The first-order valence-corrected chi connectivity index (χ1v) is 6.03. The summed E-state index contributed by atoms with van der Waals surface area (Å²) in [6, 6.07) is -0.790. The second kappa shape index (κ2) is 5.72. The zero-order valence-electron chi connectivity index (χ0n) is 10.9. The minimum absolute atomic E-state index is 0.0193. The van der Waals surface area contributed by atoms with Crippen LogP contribution in [-0.2, 0) is 9.59 Å². The fourth-order valence-electron chi connectivity index (χ4n) is 1.99. The maximum atomic E-state index is 12.2. The predicted octanol–water partition coefficient (Wildman–Crippen LogP) is 0.771. The van der Waals surface area contributed by atoms with Crippen LogP contribution in [0, 0.1) is 17.8 Å². The van der Waals surface area contributed by atoms with Gasteiger partial charge in [-0.3, -0.25) is 9.59 Å². The van der Waals surface area contributed by atoms with Crippen molar-refractivity contribution in [1.29, 1.82) is 0 Å². The molecule has 1 aliphatic rings. The third-order valence-corrected chi connectivity index (χ3v) is 3.01. The Kier molecular flexibility index (Phi) is 4.56. The van der Waals surface area contributed by atoms with E-state index in [1.807, 2.05) is 20.8 Å². The fraction of sp³-hybridized carbons (Fsp3) is 0.692. The molecule has 0 aromatic carbocycles. The lowest BCUT2D eigenvalue weighted by Gasteiger charge is -2.39. The molecule has 1 rings (SSSR count). The van der Waals surface area contributed by atoms with E-state index in [-0.39, 0.29) is 23.8 Å². The van der Waals surface area contributed by atoms with Crippen LogP contribution in [0.3, 0.4) is 0 Å². The molecule has 0 bridgehead atoms. The predicted molar refractivity (Wildman–Crippen MR) is 66.0 cm³/mol. The standard InChI is InChI=1S/C13H20N2O2/c1-5-7-8-15-10(6-2)12(16)14-11(9(3)4)13(15)17/h9-11H,6,8H2,1-4H3,(H,14,16). The van der Waals surface area contributed by atoms with Gasteiger partial charge in [0.2, 0.25) is 11.8 Å². The average molecular weight is 236 g/mol. The summed E-state index contributed by atoms with van der Waals surface area (Å²) in [6.07, 6.45) is 0.619. The summed E-state index contributed by atoms with van der Waals surface area (Å²) in [6.45, 7) is 7.83. The van der Waals surface area contributed by atoms with Crippen LogP contribution < -0.4 is 5.32 Å². The number of hydrogen-bond acceptors (Lipinski definition) is 2. The maximum absolute atomic E-state index is 12.2. The van der Waals surface area contributed by atoms with E-state index in [9.17, 15) is 9.59 Å². The lowest BCUT2D eigenvalue weighted by Crippen LogP contribution is -2.64. The Bertz CT molecular complexity index is 365. The van der Waals surface area contributed by atoms with Crippen LogP contribution >= 0.6 is 0 Å². The van der Waals surface area contributed by atoms with Gasteiger partial charge in [-0.25, -0.2) is 0 Å². The van der Waals surface area contributed by atoms with Gasteiger partial charge in [0.15, 0.2) is 0 Å². The van der Waals surface area contributed by atoms with Crippen LogP contribution in [0.15, 0.2) is 0 Å². The highest BCUT2D eigenvalue weighted by Gasteiger charge is 2.40. The van der Waals surface area contributed by atoms with Crippen molar-refractivity contribution in [2.45, 2.75) is 46.2 Å². The summed E-state index contributed by atoms with van der Waals surface area (Å²) in [7, 11) is 0. The summed E-state index contributed by atoms with van der Waals surface area (Å²) in [5.41, 5.74) is 0. The number of piperazine rings is 1. The molecule has 94 valence electrons. The Labute approximate surface area is 103 Å². The van der Waals surface area contributed by atoms with Crippen molar-refractivity contribution in [1.82, 2.24) is 10.2 Å². The molecule has 4 nitrogen and oxygen atoms in total. The summed E-state index contributed by atoms with van der Waals surface area (Å²) in [5.74, 6) is 5.64. The van der Waals surface area contributed by atoms with E-state index in [2.05, 4.69) is 17.2 Å². The molecule has 0 aliphatic carbocycles. The number of amides is 2. The van der Waals surface area contributed by atoms with Gasteiger partial charge in [0.05, 0.1) is 6.54 Å². The smallest absolute Gasteiger partial charge is 0.246 e. The molecular weight excluding hydrogens is 216 g/mol. The van der Waals surface area contributed by atoms with Gasteiger partial charge in [-0.15, -0.1) is 5.92 Å². The Morgan fingerprint density at radius 3 is 2.53 bits per heavy atom. The van der Waals surface area contributed by atoms with Gasteiger partial charge < -0.3 is 10.2 Å². The molecule has 1 fully saturated rings. The largest absolute Gasteiger partial charge is 0.342 e. The van der Waals surface area contributed by atoms with Gasteiger partial charge in [-0.1, -0.05) is 26.7 Å². The average Bonchev–Trinajstić information content (AvgIpc) is 2.29. The summed E-state index contributed by atoms with van der Waals surface area (Å²) < 4.78 is 0. The van der Waals surface area contributed by atoms with E-state index in [0.29, 0.717) is 13.0 Å². The van der Waals surface area contributed by atoms with Crippen LogP contribution in [0.1, 0.15) is 34.1 Å². The van der Waals surface area contributed by atoms with Crippen LogP contribution in [0.4, 0.5) is 0 Å². The SMILES string of the molecule is CC#CCN1C(=O)C(C(C)C)NC(=O)C1CC. The molecule has 2 atom stereocenters. The number of carbonyl (C=O) groups is 2. The Balaban J connectivity index is 2.94. The molecule has 17 heavy (non-hydrogen) atoms. The lowest BCUT2D eigenvalue weighted by atomic mass is 9.97. The highest BCUT2D eigenvalue weighted by atomic mass is 16.2. The molecule has 1 N–H and O–H groups in total. The van der Waals surface area contributed by atoms with E-state index in [0.717, 1.165) is 0 Å². The van der Waals surface area contributed by atoms with Crippen LogP contribution in [0.5, 0.6) is 0 Å². The summed E-state index contributed by atoms with van der Waals surface area (Å²) in [4.78, 5) is 25.7. The molecule has 1 saturated heterocycles. The minimum atomic E-state index is -0.413. The van der Waals surface area contributed by atoms with Gasteiger partial charge in [-0.2, -0.15) is 0 Å². The Morgan fingerprint density at radius 2 is 2.06 bits per heavy atom. The molecular formula is C13H20N2O2. The molecule has 1 heterocycles. The van der Waals surface area contributed by atoms with Gasteiger partial charge in [0, 0.05) is 0 Å². The first kappa shape index (κ1) is 13.6. The molecule has 0 aromatic rings. The number of nitrogens with one attached hydrogen (secondary N) is 1. The highest BCUT2D eigenvalue weighted by Crippen LogP contribution is 2.16. The Hall–Kier alpha value is -1.50. The van der Waals surface area contributed by atoms with Crippen molar-refractivity contribution in [3.63, 3.8) is 0 Å². The summed E-state index contributed by atoms with van der Waals surface area (Å²) in [5, 5.41) is 2.79. The number of nitrogens with zero attached hydrogens (tertiary/aromatic N) is 1. The van der Waals surface area contributed by atoms with E-state index < -0.39 is 6.04 Å². The second-order valence-corrected chi connectivity index (χ2v) is 4.55. The minimum Gasteiger partial charge on any atom is -0.342 e. The summed E-state index contributed by atoms with van der Waals surface area (Å²) >= 11 is 0. The number of carbonyl (C=O) groups excluding carboxylic acids is 2. The van der Waals surface area contributed by atoms with Crippen LogP contribution in [-0.4, -0.2) is 35.3 Å². The molecule has 0 saturated carbocycles. The number of rotatable bonds is 3. The number of hydrogen-bond donors (Lipinski definition) is 1. The first-order chi connectivity index (χ1) is 8.02. The second-order valence-electron chi connectivity index (χ2n) is 4.55. The molecule has 4 heteroatoms. The fourth-order valence-corrected chi connectivity index (χ4v) is 1.99. The van der Waals surface area contributed by atoms with Gasteiger partial charge >= 0.3 is 0 Å². The van der Waals surface area contributed by atoms with E-state index in [1.54, 1.807) is 11.8 Å². The first-order valence-electron chi connectivity index (χ1n) is 6.03. The van der Waals surface area contributed by atoms with Crippen molar-refractivity contribution >= 4 is 11.8 Å².